The van der Waals surface area contributed by atoms with Gasteiger partial charge in [0.1, 0.15) is 0 Å². The first-order chi connectivity index (χ1) is 8.93. The number of aromatic amines is 1. The molecule has 1 amide bonds. The van der Waals surface area contributed by atoms with Gasteiger partial charge in [-0.3, -0.25) is 4.79 Å². The maximum atomic E-state index is 11.8. The molecule has 0 aliphatic carbocycles. The third-order valence-electron chi connectivity index (χ3n) is 2.95. The van der Waals surface area contributed by atoms with Gasteiger partial charge in [-0.15, -0.1) is 0 Å². The number of aromatic nitrogens is 2. The molecule has 1 aromatic heterocycles. The van der Waals surface area contributed by atoms with Gasteiger partial charge in [0, 0.05) is 23.5 Å². The van der Waals surface area contributed by atoms with Crippen LogP contribution in [0.4, 0.5) is 0 Å². The fourth-order valence-electron chi connectivity index (χ4n) is 1.91. The molecule has 0 radical (unpaired) electrons. The molecule has 1 rings (SSSR count). The van der Waals surface area contributed by atoms with E-state index in [-0.39, 0.29) is 18.9 Å². The molecule has 6 nitrogen and oxygen atoms in total. The summed E-state index contributed by atoms with van der Waals surface area (Å²) < 4.78 is 0. The minimum absolute atomic E-state index is 0.153. The zero-order valence-corrected chi connectivity index (χ0v) is 11.6. The minimum Gasteiger partial charge on any atom is -0.391 e. The van der Waals surface area contributed by atoms with Crippen LogP contribution < -0.4 is 11.0 Å². The maximum Gasteiger partial charge on any atom is 0.345 e. The highest BCUT2D eigenvalue weighted by atomic mass is 16.3. The van der Waals surface area contributed by atoms with Crippen molar-refractivity contribution in [3.05, 3.63) is 27.4 Å². The molecule has 0 saturated heterocycles. The zero-order chi connectivity index (χ0) is 14.4. The number of aryl methyl sites for hydroxylation is 2. The molecule has 0 aliphatic rings. The van der Waals surface area contributed by atoms with E-state index in [2.05, 4.69) is 15.3 Å². The number of hydrogen-bond acceptors (Lipinski definition) is 4. The van der Waals surface area contributed by atoms with Crippen LogP contribution >= 0.6 is 0 Å². The molecular formula is C13H21N3O3. The Kier molecular flexibility index (Phi) is 5.69. The summed E-state index contributed by atoms with van der Waals surface area (Å²) in [5, 5.41) is 12.2. The molecular weight excluding hydrogens is 246 g/mol. The molecule has 0 spiro atoms. The van der Waals surface area contributed by atoms with E-state index in [0.717, 1.165) is 12.0 Å². The zero-order valence-electron chi connectivity index (χ0n) is 11.6. The second-order valence-corrected chi connectivity index (χ2v) is 4.65. The topological polar surface area (TPSA) is 95.1 Å². The highest BCUT2D eigenvalue weighted by Gasteiger charge is 2.12. The maximum absolute atomic E-state index is 11.8. The molecule has 106 valence electrons. The Morgan fingerprint density at radius 2 is 2.16 bits per heavy atom. The van der Waals surface area contributed by atoms with Crippen molar-refractivity contribution in [3.63, 3.8) is 0 Å². The smallest absolute Gasteiger partial charge is 0.345 e. The molecule has 1 heterocycles. The normalized spacial score (nSPS) is 12.2. The van der Waals surface area contributed by atoms with Crippen LogP contribution in [0.3, 0.4) is 0 Å². The Hall–Kier alpha value is -1.69. The monoisotopic (exact) mass is 267 g/mol. The minimum atomic E-state index is -0.509. The van der Waals surface area contributed by atoms with Gasteiger partial charge in [0.05, 0.1) is 12.5 Å². The lowest BCUT2D eigenvalue weighted by atomic mass is 10.1. The average molecular weight is 267 g/mol. The molecule has 0 bridgehead atoms. The van der Waals surface area contributed by atoms with Crippen molar-refractivity contribution < 1.29 is 9.90 Å². The number of H-pyrrole nitrogens is 1. The fourth-order valence-corrected chi connectivity index (χ4v) is 1.91. The Morgan fingerprint density at radius 1 is 1.47 bits per heavy atom. The molecule has 0 aromatic carbocycles. The first-order valence-corrected chi connectivity index (χ1v) is 6.45. The van der Waals surface area contributed by atoms with E-state index in [4.69, 9.17) is 0 Å². The first kappa shape index (κ1) is 15.4. The molecule has 0 aliphatic heterocycles. The Labute approximate surface area is 112 Å². The number of nitrogens with one attached hydrogen (secondary N) is 2. The Morgan fingerprint density at radius 3 is 2.74 bits per heavy atom. The number of aliphatic hydroxyl groups is 1. The van der Waals surface area contributed by atoms with E-state index in [1.165, 1.54) is 0 Å². The molecule has 1 atom stereocenters. The van der Waals surface area contributed by atoms with E-state index < -0.39 is 11.8 Å². The first-order valence-electron chi connectivity index (χ1n) is 6.45. The fraction of sp³-hybridized carbons (Fsp3) is 0.615. The van der Waals surface area contributed by atoms with Crippen molar-refractivity contribution in [1.82, 2.24) is 15.3 Å². The summed E-state index contributed by atoms with van der Waals surface area (Å²) in [6.07, 6.45) is 1.18. The van der Waals surface area contributed by atoms with Gasteiger partial charge in [-0.05, 0) is 20.3 Å². The van der Waals surface area contributed by atoms with Gasteiger partial charge in [-0.2, -0.15) is 4.98 Å². The molecule has 1 aromatic rings. The van der Waals surface area contributed by atoms with Gasteiger partial charge in [-0.1, -0.05) is 13.3 Å². The number of rotatable bonds is 6. The van der Waals surface area contributed by atoms with E-state index >= 15 is 0 Å². The van der Waals surface area contributed by atoms with Crippen LogP contribution in [0.5, 0.6) is 0 Å². The average Bonchev–Trinajstić information content (AvgIpc) is 2.31. The number of carbonyl (C=O) groups is 1. The van der Waals surface area contributed by atoms with Crippen molar-refractivity contribution in [2.75, 3.05) is 6.54 Å². The summed E-state index contributed by atoms with van der Waals surface area (Å²) in [4.78, 5) is 29.3. The van der Waals surface area contributed by atoms with Crippen molar-refractivity contribution in [3.8, 4) is 0 Å². The van der Waals surface area contributed by atoms with Crippen LogP contribution in [0.15, 0.2) is 4.79 Å². The lowest BCUT2D eigenvalue weighted by Crippen LogP contribution is -2.33. The van der Waals surface area contributed by atoms with Crippen LogP contribution in [-0.2, 0) is 11.2 Å². The quantitative estimate of drug-likeness (QED) is 0.686. The molecule has 0 saturated carbocycles. The van der Waals surface area contributed by atoms with Gasteiger partial charge < -0.3 is 15.4 Å². The predicted molar refractivity (Wildman–Crippen MR) is 72.0 cm³/mol. The lowest BCUT2D eigenvalue weighted by molar-refractivity contribution is -0.120. The number of hydrogen-bond donors (Lipinski definition) is 3. The van der Waals surface area contributed by atoms with Gasteiger partial charge in [-0.25, -0.2) is 4.79 Å². The van der Waals surface area contributed by atoms with E-state index in [1.807, 2.05) is 6.92 Å². The predicted octanol–water partition coefficient (Wildman–Crippen LogP) is 0.206. The molecule has 0 fully saturated rings. The second-order valence-electron chi connectivity index (χ2n) is 4.65. The van der Waals surface area contributed by atoms with E-state index in [0.29, 0.717) is 17.8 Å². The van der Waals surface area contributed by atoms with Crippen LogP contribution in [-0.4, -0.2) is 33.6 Å². The number of carbonyl (C=O) groups excluding carboxylic acids is 1. The summed E-state index contributed by atoms with van der Waals surface area (Å²) >= 11 is 0. The standard InChI is InChI=1S/C13H21N3O3/c1-4-5-10(17)7-14-12(18)6-11-8(2)15-13(19)16-9(11)3/h10,17H,4-7H2,1-3H3,(H,14,18)(H,15,16,19). The van der Waals surface area contributed by atoms with E-state index in [1.54, 1.807) is 13.8 Å². The van der Waals surface area contributed by atoms with Crippen LogP contribution in [0.25, 0.3) is 0 Å². The lowest BCUT2D eigenvalue weighted by Gasteiger charge is -2.12. The summed E-state index contributed by atoms with van der Waals surface area (Å²) in [5.41, 5.74) is 1.53. The summed E-state index contributed by atoms with van der Waals surface area (Å²) in [5.74, 6) is -0.185. The largest absolute Gasteiger partial charge is 0.391 e. The van der Waals surface area contributed by atoms with Gasteiger partial charge in [0.2, 0.25) is 5.91 Å². The van der Waals surface area contributed by atoms with Crippen molar-refractivity contribution in [2.24, 2.45) is 0 Å². The third kappa shape index (κ3) is 4.82. The second kappa shape index (κ2) is 7.04. The van der Waals surface area contributed by atoms with Crippen LogP contribution in [0, 0.1) is 13.8 Å². The molecule has 6 heteroatoms. The van der Waals surface area contributed by atoms with E-state index in [9.17, 15) is 14.7 Å². The van der Waals surface area contributed by atoms with Crippen LogP contribution in [0.1, 0.15) is 36.7 Å². The highest BCUT2D eigenvalue weighted by molar-refractivity contribution is 5.79. The Bertz CT molecular complexity index is 470. The SMILES string of the molecule is CCCC(O)CNC(=O)Cc1c(C)nc(=O)[nH]c1C. The van der Waals surface area contributed by atoms with Crippen LogP contribution in [0.2, 0.25) is 0 Å². The number of amides is 1. The Balaban J connectivity index is 2.60. The summed E-state index contributed by atoms with van der Waals surface area (Å²) in [6.45, 7) is 5.67. The third-order valence-corrected chi connectivity index (χ3v) is 2.95. The summed E-state index contributed by atoms with van der Waals surface area (Å²) in [7, 11) is 0. The van der Waals surface area contributed by atoms with Crippen molar-refractivity contribution >= 4 is 5.91 Å². The molecule has 19 heavy (non-hydrogen) atoms. The molecule has 3 N–H and O–H groups in total. The van der Waals surface area contributed by atoms with Gasteiger partial charge >= 0.3 is 5.69 Å². The van der Waals surface area contributed by atoms with Crippen molar-refractivity contribution in [2.45, 2.75) is 46.1 Å². The van der Waals surface area contributed by atoms with Gasteiger partial charge in [0.15, 0.2) is 0 Å². The highest BCUT2D eigenvalue weighted by Crippen LogP contribution is 2.07. The summed E-state index contributed by atoms with van der Waals surface area (Å²) in [6, 6.07) is 0. The number of aliphatic hydroxyl groups excluding tert-OH is 1. The molecule has 1 unspecified atom stereocenters. The number of nitrogens with zero attached hydrogens (tertiary/aromatic N) is 1. The van der Waals surface area contributed by atoms with Gasteiger partial charge in [0.25, 0.3) is 0 Å². The van der Waals surface area contributed by atoms with Crippen molar-refractivity contribution in [1.29, 1.82) is 0 Å².